The first-order valence-electron chi connectivity index (χ1n) is 7.88. The van der Waals surface area contributed by atoms with Crippen molar-refractivity contribution in [1.29, 1.82) is 0 Å². The average molecular weight is 407 g/mol. The minimum absolute atomic E-state index is 0.144. The second-order valence-corrected chi connectivity index (χ2v) is 6.59. The summed E-state index contributed by atoms with van der Waals surface area (Å²) in [5.41, 5.74) is 3.62. The molecule has 3 rings (SSSR count). The fourth-order valence-corrected chi connectivity index (χ4v) is 3.03. The monoisotopic (exact) mass is 406 g/mol. The Bertz CT molecular complexity index is 842. The van der Waals surface area contributed by atoms with Crippen molar-refractivity contribution in [3.8, 4) is 11.5 Å². The Labute approximate surface area is 154 Å². The van der Waals surface area contributed by atoms with Crippen molar-refractivity contribution in [2.24, 2.45) is 7.05 Å². The molecule has 1 aliphatic rings. The highest BCUT2D eigenvalue weighted by Crippen LogP contribution is 2.35. The van der Waals surface area contributed by atoms with Gasteiger partial charge in [0.05, 0.1) is 5.69 Å². The SMILES string of the molecule is Cc1nn(C)c(C)c1C=CC(=O)OCc1cc2c(cc1Br)OCCO2. The molecule has 1 aromatic carbocycles. The summed E-state index contributed by atoms with van der Waals surface area (Å²) in [5, 5.41) is 4.32. The van der Waals surface area contributed by atoms with E-state index in [2.05, 4.69) is 21.0 Å². The van der Waals surface area contributed by atoms with Crippen molar-refractivity contribution in [1.82, 2.24) is 9.78 Å². The third-order valence-electron chi connectivity index (χ3n) is 4.03. The Kier molecular flexibility index (Phi) is 5.13. The zero-order valence-electron chi connectivity index (χ0n) is 14.3. The second kappa shape index (κ2) is 7.31. The van der Waals surface area contributed by atoms with Gasteiger partial charge in [-0.25, -0.2) is 4.79 Å². The van der Waals surface area contributed by atoms with Crippen LogP contribution in [0.25, 0.3) is 6.08 Å². The van der Waals surface area contributed by atoms with Crippen LogP contribution in [0.4, 0.5) is 0 Å². The summed E-state index contributed by atoms with van der Waals surface area (Å²) in [5.74, 6) is 0.942. The standard InChI is InChI=1S/C18H19BrN2O4/c1-11-14(12(2)21(3)20-11)4-5-18(22)25-10-13-8-16-17(9-15(13)19)24-7-6-23-16/h4-5,8-9H,6-7,10H2,1-3H3. The predicted octanol–water partition coefficient (Wildman–Crippen LogP) is 3.33. The lowest BCUT2D eigenvalue weighted by Crippen LogP contribution is -2.15. The summed E-state index contributed by atoms with van der Waals surface area (Å²) in [6.45, 7) is 5.05. The minimum Gasteiger partial charge on any atom is -0.486 e. The highest BCUT2D eigenvalue weighted by Gasteiger charge is 2.15. The van der Waals surface area contributed by atoms with E-state index in [0.29, 0.717) is 24.7 Å². The molecular weight excluding hydrogens is 388 g/mol. The average Bonchev–Trinajstić information content (AvgIpc) is 2.83. The maximum Gasteiger partial charge on any atom is 0.331 e. The van der Waals surface area contributed by atoms with Gasteiger partial charge in [0.15, 0.2) is 11.5 Å². The van der Waals surface area contributed by atoms with Gasteiger partial charge in [0.25, 0.3) is 0 Å². The van der Waals surface area contributed by atoms with Gasteiger partial charge in [0, 0.05) is 34.4 Å². The molecule has 25 heavy (non-hydrogen) atoms. The van der Waals surface area contributed by atoms with Gasteiger partial charge >= 0.3 is 5.97 Å². The van der Waals surface area contributed by atoms with E-state index in [1.165, 1.54) is 6.08 Å². The second-order valence-electron chi connectivity index (χ2n) is 5.74. The van der Waals surface area contributed by atoms with Crippen LogP contribution in [-0.4, -0.2) is 29.0 Å². The van der Waals surface area contributed by atoms with Gasteiger partial charge in [-0.15, -0.1) is 0 Å². The van der Waals surface area contributed by atoms with Crippen molar-refractivity contribution in [2.75, 3.05) is 13.2 Å². The van der Waals surface area contributed by atoms with Crippen LogP contribution in [0.2, 0.25) is 0 Å². The maximum atomic E-state index is 12.0. The quantitative estimate of drug-likeness (QED) is 0.575. The van der Waals surface area contributed by atoms with Gasteiger partial charge in [-0.2, -0.15) is 5.10 Å². The molecule has 0 atom stereocenters. The Morgan fingerprint density at radius 1 is 1.32 bits per heavy atom. The molecule has 1 aromatic heterocycles. The third kappa shape index (κ3) is 3.87. The lowest BCUT2D eigenvalue weighted by molar-refractivity contribution is -0.138. The molecule has 0 unspecified atom stereocenters. The van der Waals surface area contributed by atoms with Gasteiger partial charge in [-0.1, -0.05) is 15.9 Å². The van der Waals surface area contributed by atoms with Crippen LogP contribution in [0.3, 0.4) is 0 Å². The van der Waals surface area contributed by atoms with Crippen molar-refractivity contribution in [3.05, 3.63) is 45.2 Å². The minimum atomic E-state index is -0.413. The number of ether oxygens (including phenoxy) is 3. The molecule has 0 bridgehead atoms. The van der Waals surface area contributed by atoms with Crippen LogP contribution < -0.4 is 9.47 Å². The molecule has 0 saturated heterocycles. The number of aromatic nitrogens is 2. The zero-order valence-corrected chi connectivity index (χ0v) is 15.9. The molecule has 2 heterocycles. The first-order valence-corrected chi connectivity index (χ1v) is 8.68. The predicted molar refractivity (Wildman–Crippen MR) is 96.6 cm³/mol. The van der Waals surface area contributed by atoms with Crippen molar-refractivity contribution < 1.29 is 19.0 Å². The van der Waals surface area contributed by atoms with Gasteiger partial charge in [-0.05, 0) is 32.1 Å². The van der Waals surface area contributed by atoms with Crippen LogP contribution in [0, 0.1) is 13.8 Å². The van der Waals surface area contributed by atoms with E-state index in [9.17, 15) is 4.79 Å². The molecule has 2 aromatic rings. The number of hydrogen-bond donors (Lipinski definition) is 0. The lowest BCUT2D eigenvalue weighted by atomic mass is 10.2. The summed E-state index contributed by atoms with van der Waals surface area (Å²) in [6, 6.07) is 3.65. The molecule has 0 N–H and O–H groups in total. The molecule has 0 spiro atoms. The highest BCUT2D eigenvalue weighted by atomic mass is 79.9. The normalized spacial score (nSPS) is 13.3. The first kappa shape index (κ1) is 17.5. The van der Waals surface area contributed by atoms with Crippen molar-refractivity contribution in [3.63, 3.8) is 0 Å². The van der Waals surface area contributed by atoms with Crippen molar-refractivity contribution in [2.45, 2.75) is 20.5 Å². The van der Waals surface area contributed by atoms with Gasteiger partial charge in [0.1, 0.15) is 19.8 Å². The van der Waals surface area contributed by atoms with E-state index in [4.69, 9.17) is 14.2 Å². The van der Waals surface area contributed by atoms with Crippen molar-refractivity contribution >= 4 is 28.0 Å². The first-order chi connectivity index (χ1) is 12.0. The topological polar surface area (TPSA) is 62.6 Å². The zero-order chi connectivity index (χ0) is 18.0. The van der Waals surface area contributed by atoms with E-state index in [1.54, 1.807) is 10.8 Å². The molecule has 0 fully saturated rings. The van der Waals surface area contributed by atoms with E-state index in [1.807, 2.05) is 33.0 Å². The maximum absolute atomic E-state index is 12.0. The number of rotatable bonds is 4. The van der Waals surface area contributed by atoms with Crippen LogP contribution >= 0.6 is 15.9 Å². The third-order valence-corrected chi connectivity index (χ3v) is 4.77. The Morgan fingerprint density at radius 2 is 2.00 bits per heavy atom. The Hall–Kier alpha value is -2.28. The molecule has 7 heteroatoms. The van der Waals surface area contributed by atoms with E-state index in [-0.39, 0.29) is 6.61 Å². The molecule has 0 saturated carbocycles. The van der Waals surface area contributed by atoms with Crippen LogP contribution in [0.5, 0.6) is 11.5 Å². The molecule has 0 amide bonds. The largest absolute Gasteiger partial charge is 0.486 e. The summed E-state index contributed by atoms with van der Waals surface area (Å²) >= 11 is 3.47. The number of carbonyl (C=O) groups excluding carboxylic acids is 1. The summed E-state index contributed by atoms with van der Waals surface area (Å²) < 4.78 is 19.0. The van der Waals surface area contributed by atoms with Crippen LogP contribution in [0.1, 0.15) is 22.5 Å². The summed E-state index contributed by atoms with van der Waals surface area (Å²) in [7, 11) is 1.87. The molecule has 0 radical (unpaired) electrons. The molecule has 1 aliphatic heterocycles. The van der Waals surface area contributed by atoms with Crippen LogP contribution in [0.15, 0.2) is 22.7 Å². The van der Waals surface area contributed by atoms with E-state index in [0.717, 1.165) is 27.0 Å². The number of aryl methyl sites for hydroxylation is 2. The molecule has 132 valence electrons. The number of carbonyl (C=O) groups is 1. The lowest BCUT2D eigenvalue weighted by Gasteiger charge is -2.19. The van der Waals surface area contributed by atoms with E-state index >= 15 is 0 Å². The smallest absolute Gasteiger partial charge is 0.331 e. The number of hydrogen-bond acceptors (Lipinski definition) is 5. The number of nitrogens with zero attached hydrogens (tertiary/aromatic N) is 2. The molecule has 6 nitrogen and oxygen atoms in total. The van der Waals surface area contributed by atoms with Gasteiger partial charge < -0.3 is 14.2 Å². The fourth-order valence-electron chi connectivity index (χ4n) is 2.60. The number of halogens is 1. The van der Waals surface area contributed by atoms with E-state index < -0.39 is 5.97 Å². The highest BCUT2D eigenvalue weighted by molar-refractivity contribution is 9.10. The summed E-state index contributed by atoms with van der Waals surface area (Å²) in [4.78, 5) is 12.0. The number of benzene rings is 1. The number of esters is 1. The fraction of sp³-hybridized carbons (Fsp3) is 0.333. The van der Waals surface area contributed by atoms with Gasteiger partial charge in [-0.3, -0.25) is 4.68 Å². The Morgan fingerprint density at radius 3 is 2.64 bits per heavy atom. The van der Waals surface area contributed by atoms with Crippen LogP contribution in [-0.2, 0) is 23.2 Å². The Balaban J connectivity index is 1.65. The number of fused-ring (bicyclic) bond motifs is 1. The van der Waals surface area contributed by atoms with Gasteiger partial charge in [0.2, 0.25) is 0 Å². The summed E-state index contributed by atoms with van der Waals surface area (Å²) in [6.07, 6.45) is 3.15. The molecular formula is C18H19BrN2O4. The molecule has 0 aliphatic carbocycles.